The highest BCUT2D eigenvalue weighted by Gasteiger charge is 2.12. The molecule has 1 amide bonds. The molecule has 5 nitrogen and oxygen atoms in total. The standard InChI is InChI=1S/C22H16ClN3O2S/c23-19-9-5-4-8-18(19)20(27)24-17-12-10-16(11-13-17)21-25-26-22(28-21)29-14-15-6-2-1-3-7-15/h1-13H,14H2,(H,24,27). The average molecular weight is 422 g/mol. The first-order valence-corrected chi connectivity index (χ1v) is 10.2. The lowest BCUT2D eigenvalue weighted by Crippen LogP contribution is -2.12. The van der Waals surface area contributed by atoms with Crippen LogP contribution in [0.3, 0.4) is 0 Å². The largest absolute Gasteiger partial charge is 0.411 e. The summed E-state index contributed by atoms with van der Waals surface area (Å²) in [5, 5.41) is 11.9. The molecular weight excluding hydrogens is 406 g/mol. The first-order valence-electron chi connectivity index (χ1n) is 8.85. The molecule has 1 N–H and O–H groups in total. The van der Waals surface area contributed by atoms with Crippen LogP contribution in [0.2, 0.25) is 5.02 Å². The predicted octanol–water partition coefficient (Wildman–Crippen LogP) is 5.93. The molecule has 0 radical (unpaired) electrons. The molecule has 0 bridgehead atoms. The topological polar surface area (TPSA) is 68.0 Å². The van der Waals surface area contributed by atoms with E-state index in [4.69, 9.17) is 16.0 Å². The van der Waals surface area contributed by atoms with Crippen LogP contribution in [0.4, 0.5) is 5.69 Å². The van der Waals surface area contributed by atoms with Crippen LogP contribution in [0.15, 0.2) is 88.5 Å². The monoisotopic (exact) mass is 421 g/mol. The molecule has 0 spiro atoms. The van der Waals surface area contributed by atoms with Crippen molar-refractivity contribution in [2.75, 3.05) is 5.32 Å². The highest BCUT2D eigenvalue weighted by molar-refractivity contribution is 7.98. The summed E-state index contributed by atoms with van der Waals surface area (Å²) in [6, 6.07) is 24.2. The molecule has 1 heterocycles. The third kappa shape index (κ3) is 4.85. The number of carbonyl (C=O) groups is 1. The first kappa shape index (κ1) is 19.2. The maximum absolute atomic E-state index is 12.3. The second-order valence-electron chi connectivity index (χ2n) is 6.16. The Morgan fingerprint density at radius 3 is 2.41 bits per heavy atom. The van der Waals surface area contributed by atoms with E-state index in [1.807, 2.05) is 30.3 Å². The van der Waals surface area contributed by atoms with E-state index in [9.17, 15) is 4.79 Å². The lowest BCUT2D eigenvalue weighted by atomic mass is 10.2. The van der Waals surface area contributed by atoms with Crippen LogP contribution in [0.25, 0.3) is 11.5 Å². The van der Waals surface area contributed by atoms with Crippen molar-refractivity contribution in [1.29, 1.82) is 0 Å². The van der Waals surface area contributed by atoms with Crippen LogP contribution in [0, 0.1) is 0 Å². The summed E-state index contributed by atoms with van der Waals surface area (Å²) in [4.78, 5) is 12.3. The number of anilines is 1. The minimum absolute atomic E-state index is 0.263. The Bertz CT molecular complexity index is 1110. The van der Waals surface area contributed by atoms with Gasteiger partial charge in [-0.15, -0.1) is 10.2 Å². The zero-order chi connectivity index (χ0) is 20.1. The summed E-state index contributed by atoms with van der Waals surface area (Å²) in [5.74, 6) is 0.931. The van der Waals surface area contributed by atoms with Crippen molar-refractivity contribution in [3.8, 4) is 11.5 Å². The molecule has 0 saturated heterocycles. The van der Waals surface area contributed by atoms with E-state index in [-0.39, 0.29) is 5.91 Å². The Hall–Kier alpha value is -3.09. The smallest absolute Gasteiger partial charge is 0.277 e. The molecule has 0 aliphatic heterocycles. The Labute approximate surface area is 177 Å². The van der Waals surface area contributed by atoms with Gasteiger partial charge in [0.2, 0.25) is 5.89 Å². The van der Waals surface area contributed by atoms with Crippen molar-refractivity contribution >= 4 is 35.0 Å². The van der Waals surface area contributed by atoms with E-state index in [0.717, 1.165) is 11.3 Å². The number of benzene rings is 3. The first-order chi connectivity index (χ1) is 14.2. The van der Waals surface area contributed by atoms with E-state index in [1.165, 1.54) is 17.3 Å². The van der Waals surface area contributed by atoms with Gasteiger partial charge in [0.1, 0.15) is 0 Å². The van der Waals surface area contributed by atoms with Crippen molar-refractivity contribution in [3.05, 3.63) is 95.0 Å². The lowest BCUT2D eigenvalue weighted by Gasteiger charge is -2.07. The molecule has 0 atom stereocenters. The molecular formula is C22H16ClN3O2S. The third-order valence-corrected chi connectivity index (χ3v) is 5.34. The Morgan fingerprint density at radius 1 is 0.931 bits per heavy atom. The molecule has 0 aliphatic rings. The molecule has 0 fully saturated rings. The van der Waals surface area contributed by atoms with Gasteiger partial charge in [0.05, 0.1) is 10.6 Å². The van der Waals surface area contributed by atoms with Crippen LogP contribution in [0.5, 0.6) is 0 Å². The van der Waals surface area contributed by atoms with Gasteiger partial charge >= 0.3 is 0 Å². The van der Waals surface area contributed by atoms with Crippen molar-refractivity contribution in [3.63, 3.8) is 0 Å². The normalized spacial score (nSPS) is 10.7. The molecule has 4 aromatic rings. The van der Waals surface area contributed by atoms with Crippen LogP contribution in [-0.4, -0.2) is 16.1 Å². The summed E-state index contributed by atoms with van der Waals surface area (Å²) in [7, 11) is 0. The van der Waals surface area contributed by atoms with Crippen molar-refractivity contribution in [2.45, 2.75) is 11.0 Å². The van der Waals surface area contributed by atoms with Gasteiger partial charge in [-0.1, -0.05) is 65.8 Å². The minimum atomic E-state index is -0.263. The minimum Gasteiger partial charge on any atom is -0.411 e. The maximum Gasteiger partial charge on any atom is 0.277 e. The van der Waals surface area contributed by atoms with E-state index in [1.54, 1.807) is 36.4 Å². The van der Waals surface area contributed by atoms with Gasteiger partial charge in [0.25, 0.3) is 11.1 Å². The zero-order valence-corrected chi connectivity index (χ0v) is 16.8. The number of amides is 1. The highest BCUT2D eigenvalue weighted by atomic mass is 35.5. The van der Waals surface area contributed by atoms with Crippen LogP contribution in [-0.2, 0) is 5.75 Å². The van der Waals surface area contributed by atoms with Crippen molar-refractivity contribution in [2.24, 2.45) is 0 Å². The molecule has 7 heteroatoms. The van der Waals surface area contributed by atoms with Gasteiger partial charge in [-0.05, 0) is 42.0 Å². The molecule has 29 heavy (non-hydrogen) atoms. The maximum atomic E-state index is 12.3. The highest BCUT2D eigenvalue weighted by Crippen LogP contribution is 2.26. The van der Waals surface area contributed by atoms with Crippen LogP contribution < -0.4 is 5.32 Å². The molecule has 4 rings (SSSR count). The zero-order valence-electron chi connectivity index (χ0n) is 15.2. The van der Waals surface area contributed by atoms with Gasteiger partial charge in [-0.2, -0.15) is 0 Å². The van der Waals surface area contributed by atoms with Gasteiger partial charge in [-0.25, -0.2) is 0 Å². The number of halogens is 1. The van der Waals surface area contributed by atoms with Crippen LogP contribution in [0.1, 0.15) is 15.9 Å². The van der Waals surface area contributed by atoms with E-state index < -0.39 is 0 Å². The van der Waals surface area contributed by atoms with Gasteiger partial charge in [0, 0.05) is 17.0 Å². The number of aromatic nitrogens is 2. The Balaban J connectivity index is 1.40. The lowest BCUT2D eigenvalue weighted by molar-refractivity contribution is 0.102. The van der Waals surface area contributed by atoms with Crippen molar-refractivity contribution in [1.82, 2.24) is 10.2 Å². The van der Waals surface area contributed by atoms with E-state index in [2.05, 4.69) is 27.6 Å². The van der Waals surface area contributed by atoms with Gasteiger partial charge < -0.3 is 9.73 Å². The van der Waals surface area contributed by atoms with Gasteiger partial charge in [0.15, 0.2) is 0 Å². The molecule has 1 aromatic heterocycles. The molecule has 144 valence electrons. The fraction of sp³-hybridized carbons (Fsp3) is 0.0455. The SMILES string of the molecule is O=C(Nc1ccc(-c2nnc(SCc3ccccc3)o2)cc1)c1ccccc1Cl. The second kappa shape index (κ2) is 8.94. The third-order valence-electron chi connectivity index (χ3n) is 4.12. The molecule has 0 saturated carbocycles. The fourth-order valence-electron chi connectivity index (χ4n) is 2.64. The number of rotatable bonds is 6. The number of hydrogen-bond donors (Lipinski definition) is 1. The number of carbonyl (C=O) groups excluding carboxylic acids is 1. The van der Waals surface area contributed by atoms with Crippen molar-refractivity contribution < 1.29 is 9.21 Å². The number of hydrogen-bond acceptors (Lipinski definition) is 5. The number of nitrogens with zero attached hydrogens (tertiary/aromatic N) is 2. The van der Waals surface area contributed by atoms with Gasteiger partial charge in [-0.3, -0.25) is 4.79 Å². The van der Waals surface area contributed by atoms with E-state index >= 15 is 0 Å². The Morgan fingerprint density at radius 2 is 1.66 bits per heavy atom. The quantitative estimate of drug-likeness (QED) is 0.390. The summed E-state index contributed by atoms with van der Waals surface area (Å²) in [6.07, 6.45) is 0. The molecule has 0 aliphatic carbocycles. The number of nitrogens with one attached hydrogen (secondary N) is 1. The average Bonchev–Trinajstić information content (AvgIpc) is 3.23. The molecule has 3 aromatic carbocycles. The summed E-state index contributed by atoms with van der Waals surface area (Å²) < 4.78 is 5.73. The second-order valence-corrected chi connectivity index (χ2v) is 7.49. The summed E-state index contributed by atoms with van der Waals surface area (Å²) >= 11 is 7.56. The molecule has 0 unspecified atom stereocenters. The summed E-state index contributed by atoms with van der Waals surface area (Å²) in [6.45, 7) is 0. The van der Waals surface area contributed by atoms with E-state index in [0.29, 0.717) is 27.4 Å². The summed E-state index contributed by atoms with van der Waals surface area (Å²) in [5.41, 5.74) is 3.04. The predicted molar refractivity (Wildman–Crippen MR) is 115 cm³/mol. The van der Waals surface area contributed by atoms with Crippen LogP contribution >= 0.6 is 23.4 Å². The fourth-order valence-corrected chi connectivity index (χ4v) is 3.58. The number of thioether (sulfide) groups is 1. The Kier molecular flexibility index (Phi) is 5.93.